The van der Waals surface area contributed by atoms with E-state index < -0.39 is 28.5 Å². The molecule has 1 unspecified atom stereocenters. The molecule has 37 heavy (non-hydrogen) atoms. The molecule has 0 bridgehead atoms. The Morgan fingerprint density at radius 3 is 2.24 bits per heavy atom. The minimum atomic E-state index is -3.78. The Balaban J connectivity index is 1.84. The highest BCUT2D eigenvalue weighted by atomic mass is 79.9. The third-order valence-electron chi connectivity index (χ3n) is 6.50. The van der Waals surface area contributed by atoms with Crippen molar-refractivity contribution in [1.29, 1.82) is 0 Å². The van der Waals surface area contributed by atoms with Crippen molar-refractivity contribution in [2.45, 2.75) is 64.6 Å². The predicted octanol–water partition coefficient (Wildman–Crippen LogP) is 4.48. The maximum Gasteiger partial charge on any atom is 0.244 e. The van der Waals surface area contributed by atoms with E-state index in [1.54, 1.807) is 31.2 Å². The number of carbonyl (C=O) groups is 2. The first-order valence-electron chi connectivity index (χ1n) is 12.6. The second kappa shape index (κ2) is 13.3. The molecule has 2 amide bonds. The lowest BCUT2D eigenvalue weighted by molar-refractivity contribution is -0.139. The van der Waals surface area contributed by atoms with Crippen LogP contribution in [0.4, 0.5) is 5.69 Å². The summed E-state index contributed by atoms with van der Waals surface area (Å²) in [5.74, 6) is -0.0891. The van der Waals surface area contributed by atoms with Gasteiger partial charge in [0.15, 0.2) is 0 Å². The maximum absolute atomic E-state index is 13.7. The molecule has 3 rings (SSSR count). The Hall–Kier alpha value is -2.59. The number of anilines is 1. The first-order valence-corrected chi connectivity index (χ1v) is 15.3. The zero-order valence-electron chi connectivity index (χ0n) is 21.7. The largest absolute Gasteiger partial charge is 0.494 e. The summed E-state index contributed by atoms with van der Waals surface area (Å²) in [6.45, 7) is 3.79. The molecule has 10 heteroatoms. The van der Waals surface area contributed by atoms with Gasteiger partial charge in [-0.15, -0.1) is 0 Å². The Bertz CT molecular complexity index is 1150. The normalized spacial score (nSPS) is 15.0. The Kier molecular flexibility index (Phi) is 10.4. The van der Waals surface area contributed by atoms with Gasteiger partial charge in [0.05, 0.1) is 18.6 Å². The second-order valence-corrected chi connectivity index (χ2v) is 12.2. The van der Waals surface area contributed by atoms with Gasteiger partial charge < -0.3 is 15.0 Å². The van der Waals surface area contributed by atoms with Gasteiger partial charge in [-0.2, -0.15) is 0 Å². The summed E-state index contributed by atoms with van der Waals surface area (Å²) in [6, 6.07) is 13.4. The molecule has 8 nitrogen and oxygen atoms in total. The predicted molar refractivity (Wildman–Crippen MR) is 149 cm³/mol. The lowest BCUT2D eigenvalue weighted by atomic mass is 9.95. The molecule has 2 aromatic rings. The summed E-state index contributed by atoms with van der Waals surface area (Å²) >= 11 is 3.42. The first kappa shape index (κ1) is 29.0. The number of nitrogens with zero attached hydrogens (tertiary/aromatic N) is 2. The molecule has 1 saturated carbocycles. The van der Waals surface area contributed by atoms with Crippen LogP contribution >= 0.6 is 15.9 Å². The Labute approximate surface area is 228 Å². The number of benzene rings is 2. The van der Waals surface area contributed by atoms with Crippen molar-refractivity contribution >= 4 is 43.5 Å². The van der Waals surface area contributed by atoms with E-state index in [0.29, 0.717) is 18.0 Å². The molecule has 1 N–H and O–H groups in total. The monoisotopic (exact) mass is 593 g/mol. The van der Waals surface area contributed by atoms with E-state index in [1.165, 1.54) is 11.3 Å². The summed E-state index contributed by atoms with van der Waals surface area (Å²) in [5.41, 5.74) is 1.18. The van der Waals surface area contributed by atoms with E-state index >= 15 is 0 Å². The van der Waals surface area contributed by atoms with Crippen molar-refractivity contribution in [2.75, 3.05) is 23.7 Å². The van der Waals surface area contributed by atoms with Crippen LogP contribution in [0.3, 0.4) is 0 Å². The lowest BCUT2D eigenvalue weighted by Gasteiger charge is -2.33. The molecule has 0 aromatic heterocycles. The third-order valence-corrected chi connectivity index (χ3v) is 8.17. The summed E-state index contributed by atoms with van der Waals surface area (Å²) < 4.78 is 32.8. The number of hydrogen-bond acceptors (Lipinski definition) is 5. The molecule has 1 atom stereocenters. The lowest BCUT2D eigenvalue weighted by Crippen LogP contribution is -2.52. The molecular formula is C27H36BrN3O5S. The van der Waals surface area contributed by atoms with Gasteiger partial charge in [-0.1, -0.05) is 47.3 Å². The molecule has 0 saturated heterocycles. The zero-order valence-corrected chi connectivity index (χ0v) is 24.1. The van der Waals surface area contributed by atoms with E-state index in [4.69, 9.17) is 4.74 Å². The Morgan fingerprint density at radius 2 is 1.68 bits per heavy atom. The van der Waals surface area contributed by atoms with E-state index in [9.17, 15) is 18.0 Å². The summed E-state index contributed by atoms with van der Waals surface area (Å²) in [6.07, 6.45) is 6.24. The number of hydrogen-bond donors (Lipinski definition) is 1. The van der Waals surface area contributed by atoms with Crippen molar-refractivity contribution in [3.63, 3.8) is 0 Å². The SMILES string of the molecule is CCOc1ccc(N(CC(=O)N(Cc2ccc(Br)cc2)C(C)C(=O)NC2CCCCC2)S(C)(=O)=O)cc1. The van der Waals surface area contributed by atoms with Gasteiger partial charge in [0.1, 0.15) is 18.3 Å². The average Bonchev–Trinajstić information content (AvgIpc) is 2.87. The number of nitrogens with one attached hydrogen (secondary N) is 1. The molecule has 0 aliphatic heterocycles. The van der Waals surface area contributed by atoms with Crippen molar-refractivity contribution in [2.24, 2.45) is 0 Å². The number of sulfonamides is 1. The van der Waals surface area contributed by atoms with Gasteiger partial charge in [0.2, 0.25) is 21.8 Å². The molecule has 0 radical (unpaired) electrons. The molecular weight excluding hydrogens is 558 g/mol. The van der Waals surface area contributed by atoms with Gasteiger partial charge in [-0.25, -0.2) is 8.42 Å². The van der Waals surface area contributed by atoms with Crippen LogP contribution < -0.4 is 14.4 Å². The van der Waals surface area contributed by atoms with Crippen LogP contribution in [-0.4, -0.2) is 56.6 Å². The van der Waals surface area contributed by atoms with E-state index in [-0.39, 0.29) is 18.5 Å². The van der Waals surface area contributed by atoms with E-state index in [1.807, 2.05) is 31.2 Å². The van der Waals surface area contributed by atoms with Gasteiger partial charge in [0.25, 0.3) is 0 Å². The van der Waals surface area contributed by atoms with Crippen LogP contribution in [0.1, 0.15) is 51.5 Å². The van der Waals surface area contributed by atoms with Crippen molar-refractivity contribution in [3.05, 3.63) is 58.6 Å². The van der Waals surface area contributed by atoms with E-state index in [2.05, 4.69) is 21.2 Å². The maximum atomic E-state index is 13.7. The minimum absolute atomic E-state index is 0.102. The minimum Gasteiger partial charge on any atom is -0.494 e. The topological polar surface area (TPSA) is 96.0 Å². The van der Waals surface area contributed by atoms with Crippen molar-refractivity contribution < 1.29 is 22.7 Å². The standard InChI is InChI=1S/C27H36BrN3O5S/c1-4-36-25-16-14-24(15-17-25)31(37(3,34)35)19-26(32)30(18-21-10-12-22(28)13-11-21)20(2)27(33)29-23-8-6-5-7-9-23/h10-17,20,23H,4-9,18-19H2,1-3H3,(H,29,33). The van der Waals surface area contributed by atoms with Crippen LogP contribution in [0.5, 0.6) is 5.75 Å². The smallest absolute Gasteiger partial charge is 0.244 e. The highest BCUT2D eigenvalue weighted by molar-refractivity contribution is 9.10. The summed E-state index contributed by atoms with van der Waals surface area (Å²) in [5, 5.41) is 3.10. The fraction of sp³-hybridized carbons (Fsp3) is 0.481. The molecule has 202 valence electrons. The van der Waals surface area contributed by atoms with Gasteiger partial charge in [-0.3, -0.25) is 13.9 Å². The fourth-order valence-electron chi connectivity index (χ4n) is 4.43. The van der Waals surface area contributed by atoms with Crippen LogP contribution in [0, 0.1) is 0 Å². The molecule has 2 aromatic carbocycles. The van der Waals surface area contributed by atoms with Crippen LogP contribution in [0.15, 0.2) is 53.0 Å². The van der Waals surface area contributed by atoms with Gasteiger partial charge in [-0.05, 0) is 68.7 Å². The fourth-order valence-corrected chi connectivity index (χ4v) is 5.54. The Morgan fingerprint density at radius 1 is 1.05 bits per heavy atom. The van der Waals surface area contributed by atoms with Gasteiger partial charge >= 0.3 is 0 Å². The average molecular weight is 595 g/mol. The quantitative estimate of drug-likeness (QED) is 0.414. The van der Waals surface area contributed by atoms with E-state index in [0.717, 1.165) is 46.3 Å². The van der Waals surface area contributed by atoms with Gasteiger partial charge in [0, 0.05) is 17.1 Å². The number of amides is 2. The van der Waals surface area contributed by atoms with Crippen molar-refractivity contribution in [3.8, 4) is 5.75 Å². The molecule has 0 heterocycles. The van der Waals surface area contributed by atoms with Crippen LogP contribution in [0.2, 0.25) is 0 Å². The zero-order chi connectivity index (χ0) is 27.0. The number of halogens is 1. The summed E-state index contributed by atoms with van der Waals surface area (Å²) in [4.78, 5) is 28.3. The van der Waals surface area contributed by atoms with Crippen molar-refractivity contribution in [1.82, 2.24) is 10.2 Å². The third kappa shape index (κ3) is 8.46. The first-order chi connectivity index (χ1) is 17.6. The van der Waals surface area contributed by atoms with Crippen LogP contribution in [-0.2, 0) is 26.2 Å². The molecule has 1 aliphatic rings. The number of carbonyl (C=O) groups excluding carboxylic acids is 2. The highest BCUT2D eigenvalue weighted by Gasteiger charge is 2.31. The second-order valence-electron chi connectivity index (χ2n) is 9.36. The molecule has 1 aliphatic carbocycles. The molecule has 1 fully saturated rings. The van der Waals surface area contributed by atoms with Crippen LogP contribution in [0.25, 0.3) is 0 Å². The summed E-state index contributed by atoms with van der Waals surface area (Å²) in [7, 11) is -3.78. The highest BCUT2D eigenvalue weighted by Crippen LogP contribution is 2.23. The number of rotatable bonds is 11. The molecule has 0 spiro atoms. The number of ether oxygens (including phenoxy) is 1.